The van der Waals surface area contributed by atoms with Crippen LogP contribution in [0.4, 0.5) is 0 Å². The summed E-state index contributed by atoms with van der Waals surface area (Å²) >= 11 is 0. The number of ketones is 1. The molecule has 3 rings (SSSR count). The second-order valence-corrected chi connectivity index (χ2v) is 9.65. The van der Waals surface area contributed by atoms with Gasteiger partial charge < -0.3 is 9.84 Å². The van der Waals surface area contributed by atoms with E-state index in [0.717, 1.165) is 25.7 Å². The van der Waals surface area contributed by atoms with Gasteiger partial charge in [-0.3, -0.25) is 9.59 Å². The Hall–Kier alpha value is -2.77. The fourth-order valence-electron chi connectivity index (χ4n) is 3.61. The topological polar surface area (TPSA) is 97.7 Å². The maximum atomic E-state index is 13.2. The van der Waals surface area contributed by atoms with E-state index in [1.807, 2.05) is 0 Å². The summed E-state index contributed by atoms with van der Waals surface area (Å²) in [4.78, 5) is 24.3. The van der Waals surface area contributed by atoms with Crippen molar-refractivity contribution in [3.8, 4) is 0 Å². The average Bonchev–Trinajstić information content (AvgIpc) is 3.29. The zero-order valence-electron chi connectivity index (χ0n) is 17.1. The molecule has 0 spiro atoms. The SMILES string of the molecule is O=C(/C=C/c1cccc(S(=O)(=O)C[C@H](C(=O)OC2CCCC2)c2ccccc2)c1)CO. The largest absolute Gasteiger partial charge is 0.462 e. The van der Waals surface area contributed by atoms with E-state index in [9.17, 15) is 18.0 Å². The predicted octanol–water partition coefficient (Wildman–Crippen LogP) is 3.30. The first-order valence-corrected chi connectivity index (χ1v) is 11.9. The molecule has 0 unspecified atom stereocenters. The standard InChI is InChI=1S/C24H26O6S/c25-16-20(26)14-13-18-7-6-12-22(15-18)31(28,29)17-23(19-8-2-1-3-9-19)24(27)30-21-10-4-5-11-21/h1-3,6-9,12-15,21,23,25H,4-5,10-11,16-17H2/b14-13+/t23-/m0/s1. The number of aliphatic hydroxyl groups excluding tert-OH is 1. The van der Waals surface area contributed by atoms with Gasteiger partial charge in [0.2, 0.25) is 0 Å². The number of rotatable bonds is 9. The van der Waals surface area contributed by atoms with Gasteiger partial charge in [0, 0.05) is 0 Å². The lowest BCUT2D eigenvalue weighted by Crippen LogP contribution is -2.27. The van der Waals surface area contributed by atoms with Gasteiger partial charge in [0.15, 0.2) is 15.6 Å². The van der Waals surface area contributed by atoms with Gasteiger partial charge in [-0.05, 0) is 55.0 Å². The summed E-state index contributed by atoms with van der Waals surface area (Å²) in [5, 5.41) is 8.82. The molecule has 164 valence electrons. The highest BCUT2D eigenvalue weighted by molar-refractivity contribution is 7.91. The van der Waals surface area contributed by atoms with E-state index in [-0.39, 0.29) is 11.0 Å². The van der Waals surface area contributed by atoms with Gasteiger partial charge in [0.25, 0.3) is 0 Å². The van der Waals surface area contributed by atoms with Gasteiger partial charge in [-0.2, -0.15) is 0 Å². The molecular formula is C24H26O6S. The van der Waals surface area contributed by atoms with E-state index in [1.54, 1.807) is 42.5 Å². The number of ether oxygens (including phenoxy) is 1. The van der Waals surface area contributed by atoms with Crippen molar-refractivity contribution in [2.45, 2.75) is 42.6 Å². The molecule has 0 saturated heterocycles. The zero-order valence-corrected chi connectivity index (χ0v) is 18.0. The van der Waals surface area contributed by atoms with Gasteiger partial charge in [0.05, 0.1) is 16.6 Å². The van der Waals surface area contributed by atoms with Gasteiger partial charge in [0.1, 0.15) is 12.7 Å². The van der Waals surface area contributed by atoms with Crippen LogP contribution < -0.4 is 0 Å². The molecule has 1 fully saturated rings. The second-order valence-electron chi connectivity index (χ2n) is 7.62. The van der Waals surface area contributed by atoms with Crippen LogP contribution in [0.5, 0.6) is 0 Å². The Morgan fingerprint density at radius 1 is 1.06 bits per heavy atom. The van der Waals surface area contributed by atoms with Crippen LogP contribution >= 0.6 is 0 Å². The summed E-state index contributed by atoms with van der Waals surface area (Å²) in [6.45, 7) is -0.615. The van der Waals surface area contributed by atoms with Crippen molar-refractivity contribution in [3.63, 3.8) is 0 Å². The second kappa shape index (κ2) is 10.5. The molecule has 1 N–H and O–H groups in total. The Morgan fingerprint density at radius 3 is 2.45 bits per heavy atom. The first-order chi connectivity index (χ1) is 14.9. The van der Waals surface area contributed by atoms with E-state index in [2.05, 4.69) is 0 Å². The molecule has 0 radical (unpaired) electrons. The number of sulfone groups is 1. The lowest BCUT2D eigenvalue weighted by Gasteiger charge is -2.19. The van der Waals surface area contributed by atoms with Crippen LogP contribution in [0.3, 0.4) is 0 Å². The molecule has 0 bridgehead atoms. The number of benzene rings is 2. The van der Waals surface area contributed by atoms with Gasteiger partial charge in [-0.1, -0.05) is 48.5 Å². The van der Waals surface area contributed by atoms with E-state index >= 15 is 0 Å². The van der Waals surface area contributed by atoms with Crippen molar-refractivity contribution in [2.24, 2.45) is 0 Å². The van der Waals surface area contributed by atoms with Crippen molar-refractivity contribution in [1.82, 2.24) is 0 Å². The Morgan fingerprint density at radius 2 is 1.77 bits per heavy atom. The molecule has 1 aliphatic rings. The number of hydrogen-bond donors (Lipinski definition) is 1. The molecular weight excluding hydrogens is 416 g/mol. The number of esters is 1. The average molecular weight is 443 g/mol. The number of hydrogen-bond acceptors (Lipinski definition) is 6. The molecule has 31 heavy (non-hydrogen) atoms. The van der Waals surface area contributed by atoms with E-state index < -0.39 is 39.9 Å². The summed E-state index contributed by atoms with van der Waals surface area (Å²) in [6, 6.07) is 14.9. The maximum Gasteiger partial charge on any atom is 0.314 e. The minimum atomic E-state index is -3.82. The molecule has 0 heterocycles. The van der Waals surface area contributed by atoms with Crippen molar-refractivity contribution in [3.05, 3.63) is 71.8 Å². The van der Waals surface area contributed by atoms with Crippen molar-refractivity contribution in [1.29, 1.82) is 0 Å². The third-order valence-electron chi connectivity index (χ3n) is 5.29. The Kier molecular flexibility index (Phi) is 7.76. The lowest BCUT2D eigenvalue weighted by molar-refractivity contribution is -0.150. The summed E-state index contributed by atoms with van der Waals surface area (Å²) in [7, 11) is -3.82. The first-order valence-electron chi connectivity index (χ1n) is 10.3. The van der Waals surface area contributed by atoms with Crippen LogP contribution in [0.1, 0.15) is 42.7 Å². The van der Waals surface area contributed by atoms with E-state index in [1.165, 1.54) is 24.3 Å². The minimum absolute atomic E-state index is 0.0562. The van der Waals surface area contributed by atoms with Gasteiger partial charge >= 0.3 is 5.97 Å². The Bertz CT molecular complexity index is 1040. The molecule has 0 amide bonds. The fourth-order valence-corrected chi connectivity index (χ4v) is 5.17. The van der Waals surface area contributed by atoms with Crippen LogP contribution in [-0.2, 0) is 24.2 Å². The molecule has 7 heteroatoms. The summed E-state index contributed by atoms with van der Waals surface area (Å²) in [5.41, 5.74) is 1.10. The maximum absolute atomic E-state index is 13.2. The third kappa shape index (κ3) is 6.35. The highest BCUT2D eigenvalue weighted by atomic mass is 32.2. The smallest absolute Gasteiger partial charge is 0.314 e. The van der Waals surface area contributed by atoms with E-state index in [0.29, 0.717) is 11.1 Å². The Balaban J connectivity index is 1.85. The number of aliphatic hydroxyl groups is 1. The van der Waals surface area contributed by atoms with Crippen LogP contribution in [0.15, 0.2) is 65.6 Å². The quantitative estimate of drug-likeness (QED) is 0.473. The molecule has 0 aliphatic heterocycles. The van der Waals surface area contributed by atoms with Gasteiger partial charge in [-0.15, -0.1) is 0 Å². The molecule has 6 nitrogen and oxygen atoms in total. The van der Waals surface area contributed by atoms with Crippen LogP contribution in [0.2, 0.25) is 0 Å². The van der Waals surface area contributed by atoms with Crippen LogP contribution in [0.25, 0.3) is 6.08 Å². The van der Waals surface area contributed by atoms with Crippen LogP contribution in [0, 0.1) is 0 Å². The molecule has 1 aliphatic carbocycles. The highest BCUT2D eigenvalue weighted by Gasteiger charge is 2.32. The molecule has 1 saturated carbocycles. The zero-order chi connectivity index (χ0) is 22.3. The van der Waals surface area contributed by atoms with Crippen LogP contribution in [-0.4, -0.2) is 43.7 Å². The molecule has 2 aromatic carbocycles. The summed E-state index contributed by atoms with van der Waals surface area (Å²) < 4.78 is 32.0. The van der Waals surface area contributed by atoms with Crippen molar-refractivity contribution in [2.75, 3.05) is 12.4 Å². The fraction of sp³-hybridized carbons (Fsp3) is 0.333. The summed E-state index contributed by atoms with van der Waals surface area (Å²) in [6.07, 6.45) is 6.11. The lowest BCUT2D eigenvalue weighted by atomic mass is 10.0. The Labute approximate surface area is 182 Å². The van der Waals surface area contributed by atoms with Gasteiger partial charge in [-0.25, -0.2) is 8.42 Å². The van der Waals surface area contributed by atoms with Crippen molar-refractivity contribution >= 4 is 27.7 Å². The molecule has 0 aromatic heterocycles. The third-order valence-corrected chi connectivity index (χ3v) is 7.04. The summed E-state index contributed by atoms with van der Waals surface area (Å²) in [5.74, 6) is -2.34. The first kappa shape index (κ1) is 22.9. The highest BCUT2D eigenvalue weighted by Crippen LogP contribution is 2.28. The number of carbonyl (C=O) groups is 2. The number of carbonyl (C=O) groups excluding carboxylic acids is 2. The normalized spacial score (nSPS) is 15.8. The van der Waals surface area contributed by atoms with E-state index in [4.69, 9.17) is 9.84 Å². The molecule has 2 aromatic rings. The monoisotopic (exact) mass is 442 g/mol. The predicted molar refractivity (Wildman–Crippen MR) is 117 cm³/mol. The molecule has 1 atom stereocenters. The van der Waals surface area contributed by atoms with Crippen molar-refractivity contribution < 1.29 is 27.9 Å². The minimum Gasteiger partial charge on any atom is -0.462 e.